The SMILES string of the molecule is Cc1cccc2c1[N]c1ccccc1S2. The number of aryl methyl sites for hydroxylation is 1. The maximum Gasteiger partial charge on any atom is 0.0805 e. The van der Waals surface area contributed by atoms with Gasteiger partial charge in [0.25, 0.3) is 0 Å². The third kappa shape index (κ3) is 1.41. The first kappa shape index (κ1) is 8.86. The maximum absolute atomic E-state index is 4.69. The minimum absolute atomic E-state index is 1.09. The zero-order chi connectivity index (χ0) is 10.3. The summed E-state index contributed by atoms with van der Waals surface area (Å²) in [6, 6.07) is 14.6. The number of hydrogen-bond acceptors (Lipinski definition) is 1. The molecule has 0 spiro atoms. The largest absolute Gasteiger partial charge is 0.246 e. The Balaban J connectivity index is 2.15. The van der Waals surface area contributed by atoms with Crippen molar-refractivity contribution in [2.45, 2.75) is 16.7 Å². The highest BCUT2D eigenvalue weighted by molar-refractivity contribution is 7.99. The number of hydrogen-bond donors (Lipinski definition) is 0. The Hall–Kier alpha value is -1.41. The summed E-state index contributed by atoms with van der Waals surface area (Å²) in [5.41, 5.74) is 3.46. The molecule has 15 heavy (non-hydrogen) atoms. The average molecular weight is 212 g/mol. The van der Waals surface area contributed by atoms with Gasteiger partial charge in [0.1, 0.15) is 0 Å². The van der Waals surface area contributed by atoms with Crippen molar-refractivity contribution in [3.63, 3.8) is 0 Å². The normalized spacial score (nSPS) is 12.6. The van der Waals surface area contributed by atoms with E-state index in [-0.39, 0.29) is 0 Å². The van der Waals surface area contributed by atoms with Crippen molar-refractivity contribution in [1.82, 2.24) is 5.32 Å². The molecule has 1 aliphatic heterocycles. The summed E-state index contributed by atoms with van der Waals surface area (Å²) in [5.74, 6) is 0. The molecule has 0 atom stereocenters. The second-order valence-electron chi connectivity index (χ2n) is 3.60. The topological polar surface area (TPSA) is 14.1 Å². The third-order valence-electron chi connectivity index (χ3n) is 2.52. The van der Waals surface area contributed by atoms with E-state index in [9.17, 15) is 0 Å². The fourth-order valence-electron chi connectivity index (χ4n) is 1.73. The molecule has 3 rings (SSSR count). The van der Waals surface area contributed by atoms with Crippen molar-refractivity contribution in [2.75, 3.05) is 0 Å². The molecule has 2 heteroatoms. The van der Waals surface area contributed by atoms with Gasteiger partial charge < -0.3 is 0 Å². The molecule has 0 saturated heterocycles. The van der Waals surface area contributed by atoms with Crippen molar-refractivity contribution >= 4 is 23.1 Å². The van der Waals surface area contributed by atoms with Crippen LogP contribution in [0.2, 0.25) is 0 Å². The minimum Gasteiger partial charge on any atom is -0.246 e. The molecule has 1 radical (unpaired) electrons. The molecule has 0 amide bonds. The van der Waals surface area contributed by atoms with Gasteiger partial charge in [-0.3, -0.25) is 0 Å². The van der Waals surface area contributed by atoms with Gasteiger partial charge in [0.15, 0.2) is 0 Å². The van der Waals surface area contributed by atoms with Gasteiger partial charge >= 0.3 is 0 Å². The molecule has 0 bridgehead atoms. The van der Waals surface area contributed by atoms with Crippen LogP contribution in [0.3, 0.4) is 0 Å². The van der Waals surface area contributed by atoms with Crippen molar-refractivity contribution < 1.29 is 0 Å². The fraction of sp³-hybridized carbons (Fsp3) is 0.0769. The van der Waals surface area contributed by atoms with E-state index in [1.807, 2.05) is 6.07 Å². The Morgan fingerprint density at radius 2 is 1.73 bits per heavy atom. The first-order valence-corrected chi connectivity index (χ1v) is 5.74. The van der Waals surface area contributed by atoms with Crippen LogP contribution in [0.15, 0.2) is 52.3 Å². The Morgan fingerprint density at radius 3 is 2.67 bits per heavy atom. The summed E-state index contributed by atoms with van der Waals surface area (Å²) in [4.78, 5) is 2.50. The number of rotatable bonds is 0. The predicted octanol–water partition coefficient (Wildman–Crippen LogP) is 4.03. The second-order valence-corrected chi connectivity index (χ2v) is 4.69. The van der Waals surface area contributed by atoms with E-state index in [1.165, 1.54) is 15.4 Å². The molecule has 0 aliphatic carbocycles. The zero-order valence-corrected chi connectivity index (χ0v) is 9.21. The average Bonchev–Trinajstić information content (AvgIpc) is 2.27. The second kappa shape index (κ2) is 3.31. The van der Waals surface area contributed by atoms with Crippen LogP contribution in [0.1, 0.15) is 5.56 Å². The fourth-order valence-corrected chi connectivity index (χ4v) is 2.78. The van der Waals surface area contributed by atoms with Gasteiger partial charge in [0.05, 0.1) is 11.4 Å². The summed E-state index contributed by atoms with van der Waals surface area (Å²) in [6.45, 7) is 2.11. The van der Waals surface area contributed by atoms with Gasteiger partial charge in [-0.25, -0.2) is 5.32 Å². The molecule has 2 aromatic carbocycles. The quantitative estimate of drug-likeness (QED) is 0.548. The molecule has 1 nitrogen and oxygen atoms in total. The van der Waals surface area contributed by atoms with Crippen molar-refractivity contribution in [3.8, 4) is 0 Å². The first-order chi connectivity index (χ1) is 7.34. The van der Waals surface area contributed by atoms with Crippen molar-refractivity contribution in [3.05, 3.63) is 48.0 Å². The highest BCUT2D eigenvalue weighted by Gasteiger charge is 2.17. The lowest BCUT2D eigenvalue weighted by atomic mass is 10.2. The van der Waals surface area contributed by atoms with Crippen LogP contribution in [0.4, 0.5) is 11.4 Å². The number of benzene rings is 2. The standard InChI is InChI=1S/C13H10NS/c1-9-5-4-8-12-13(9)14-10-6-2-3-7-11(10)15-12/h2-8H,1H3. The van der Waals surface area contributed by atoms with Crippen LogP contribution in [0, 0.1) is 6.92 Å². The van der Waals surface area contributed by atoms with Gasteiger partial charge in [-0.1, -0.05) is 36.0 Å². The van der Waals surface area contributed by atoms with Crippen LogP contribution in [-0.2, 0) is 0 Å². The van der Waals surface area contributed by atoms with Crippen LogP contribution < -0.4 is 5.32 Å². The number of fused-ring (bicyclic) bond motifs is 2. The number of para-hydroxylation sites is 2. The molecule has 1 aliphatic rings. The lowest BCUT2D eigenvalue weighted by Crippen LogP contribution is -1.99. The monoisotopic (exact) mass is 212 g/mol. The van der Waals surface area contributed by atoms with Gasteiger partial charge in [0, 0.05) is 9.79 Å². The summed E-state index contributed by atoms with van der Waals surface area (Å²) < 4.78 is 0. The zero-order valence-electron chi connectivity index (χ0n) is 8.40. The van der Waals surface area contributed by atoms with E-state index >= 15 is 0 Å². The van der Waals surface area contributed by atoms with E-state index in [0.717, 1.165) is 11.4 Å². The smallest absolute Gasteiger partial charge is 0.0805 e. The number of nitrogens with zero attached hydrogens (tertiary/aromatic N) is 1. The molecule has 1 heterocycles. The van der Waals surface area contributed by atoms with Crippen LogP contribution in [0.25, 0.3) is 0 Å². The Labute approximate surface area is 93.5 Å². The highest BCUT2D eigenvalue weighted by Crippen LogP contribution is 2.45. The predicted molar refractivity (Wildman–Crippen MR) is 63.2 cm³/mol. The maximum atomic E-state index is 4.69. The molecule has 73 valence electrons. The summed E-state index contributed by atoms with van der Waals surface area (Å²) in [5, 5.41) is 4.69. The van der Waals surface area contributed by atoms with Crippen molar-refractivity contribution in [2.24, 2.45) is 0 Å². The van der Waals surface area contributed by atoms with E-state index in [1.54, 1.807) is 11.8 Å². The molecule has 0 N–H and O–H groups in total. The molecule has 0 fully saturated rings. The molecule has 2 aromatic rings. The van der Waals surface area contributed by atoms with Crippen LogP contribution in [-0.4, -0.2) is 0 Å². The molecular weight excluding hydrogens is 202 g/mol. The summed E-state index contributed by atoms with van der Waals surface area (Å²) in [7, 11) is 0. The first-order valence-electron chi connectivity index (χ1n) is 4.93. The third-order valence-corrected chi connectivity index (χ3v) is 3.63. The van der Waals surface area contributed by atoms with E-state index < -0.39 is 0 Å². The molecule has 0 aromatic heterocycles. The van der Waals surface area contributed by atoms with E-state index in [0.29, 0.717) is 0 Å². The molecule has 0 unspecified atom stereocenters. The Bertz CT molecular complexity index is 520. The van der Waals surface area contributed by atoms with Crippen molar-refractivity contribution in [1.29, 1.82) is 0 Å². The van der Waals surface area contributed by atoms with Gasteiger partial charge in [0.2, 0.25) is 0 Å². The Kier molecular flexibility index (Phi) is 1.96. The van der Waals surface area contributed by atoms with Crippen LogP contribution in [0.5, 0.6) is 0 Å². The summed E-state index contributed by atoms with van der Waals surface area (Å²) in [6.07, 6.45) is 0. The van der Waals surface area contributed by atoms with Crippen LogP contribution >= 0.6 is 11.8 Å². The molecule has 0 saturated carbocycles. The van der Waals surface area contributed by atoms with E-state index in [2.05, 4.69) is 48.6 Å². The lowest BCUT2D eigenvalue weighted by molar-refractivity contribution is 1.06. The highest BCUT2D eigenvalue weighted by atomic mass is 32.2. The lowest BCUT2D eigenvalue weighted by Gasteiger charge is -2.19. The Morgan fingerprint density at radius 1 is 0.933 bits per heavy atom. The van der Waals surface area contributed by atoms with Gasteiger partial charge in [-0.05, 0) is 30.7 Å². The van der Waals surface area contributed by atoms with Gasteiger partial charge in [-0.15, -0.1) is 0 Å². The van der Waals surface area contributed by atoms with E-state index in [4.69, 9.17) is 0 Å². The summed E-state index contributed by atoms with van der Waals surface area (Å²) >= 11 is 1.80. The van der Waals surface area contributed by atoms with Gasteiger partial charge in [-0.2, -0.15) is 0 Å². The molecular formula is C13H10NS. The minimum atomic E-state index is 1.09.